The Morgan fingerprint density at radius 2 is 1.90 bits per heavy atom. The number of para-hydroxylation sites is 1. The Morgan fingerprint density at radius 3 is 2.73 bits per heavy atom. The van der Waals surface area contributed by atoms with Crippen LogP contribution in [-0.4, -0.2) is 34.1 Å². The molecule has 1 aliphatic heterocycles. The van der Waals surface area contributed by atoms with Gasteiger partial charge in [-0.2, -0.15) is 4.98 Å². The number of ether oxygens (including phenoxy) is 1. The summed E-state index contributed by atoms with van der Waals surface area (Å²) in [6, 6.07) is 17.2. The second kappa shape index (κ2) is 8.02. The highest BCUT2D eigenvalue weighted by atomic mass is 19.1. The number of anilines is 3. The van der Waals surface area contributed by atoms with Gasteiger partial charge in [-0.05, 0) is 36.4 Å². The zero-order chi connectivity index (χ0) is 20.3. The van der Waals surface area contributed by atoms with Gasteiger partial charge in [0, 0.05) is 49.4 Å². The Balaban J connectivity index is 1.23. The predicted octanol–water partition coefficient (Wildman–Crippen LogP) is 4.89. The second-order valence-corrected chi connectivity index (χ2v) is 7.38. The predicted molar refractivity (Wildman–Crippen MR) is 116 cm³/mol. The highest BCUT2D eigenvalue weighted by Gasteiger charge is 2.22. The van der Waals surface area contributed by atoms with Crippen LogP contribution in [0.15, 0.2) is 67.0 Å². The monoisotopic (exact) mass is 403 g/mol. The molecule has 3 heterocycles. The average molecular weight is 403 g/mol. The Hall–Kier alpha value is -3.61. The highest BCUT2D eigenvalue weighted by Crippen LogP contribution is 2.25. The normalized spacial score (nSPS) is 14.8. The van der Waals surface area contributed by atoms with Crippen molar-refractivity contribution in [2.24, 2.45) is 0 Å². The van der Waals surface area contributed by atoms with Gasteiger partial charge in [0.25, 0.3) is 0 Å². The maximum atomic E-state index is 13.6. The van der Waals surface area contributed by atoms with Crippen molar-refractivity contribution >= 4 is 28.4 Å². The fourth-order valence-electron chi connectivity index (χ4n) is 3.75. The van der Waals surface area contributed by atoms with Gasteiger partial charge in [-0.3, -0.25) is 0 Å². The molecule has 0 bridgehead atoms. The molecule has 0 radical (unpaired) electrons. The first-order valence-corrected chi connectivity index (χ1v) is 10.1. The zero-order valence-corrected chi connectivity index (χ0v) is 16.4. The molecule has 30 heavy (non-hydrogen) atoms. The van der Waals surface area contributed by atoms with Crippen molar-refractivity contribution in [1.82, 2.24) is 15.0 Å². The zero-order valence-electron chi connectivity index (χ0n) is 16.4. The summed E-state index contributed by atoms with van der Waals surface area (Å²) in [5.41, 5.74) is 1.58. The molecule has 2 N–H and O–H groups in total. The standard InChI is InChI=1S/C23H22FN5O/c24-20-15-26-21-14-16(6-7-19(20)21)27-22-8-11-25-23(28-22)29-12-9-18(10-13-29)30-17-4-2-1-3-5-17/h1-8,11,14-15,18,26H,9-10,12-13H2,(H,25,27,28). The van der Waals surface area contributed by atoms with Gasteiger partial charge in [0.15, 0.2) is 0 Å². The number of rotatable bonds is 5. The van der Waals surface area contributed by atoms with Crippen molar-refractivity contribution in [1.29, 1.82) is 0 Å². The first kappa shape index (κ1) is 18.4. The van der Waals surface area contributed by atoms with Crippen LogP contribution in [0.5, 0.6) is 5.75 Å². The summed E-state index contributed by atoms with van der Waals surface area (Å²) in [6.45, 7) is 1.68. The molecule has 4 aromatic rings. The summed E-state index contributed by atoms with van der Waals surface area (Å²) in [4.78, 5) is 14.2. The van der Waals surface area contributed by atoms with Gasteiger partial charge in [0.2, 0.25) is 5.95 Å². The maximum Gasteiger partial charge on any atom is 0.227 e. The number of aromatic nitrogens is 3. The molecule has 0 aliphatic carbocycles. The molecule has 0 atom stereocenters. The van der Waals surface area contributed by atoms with E-state index in [9.17, 15) is 4.39 Å². The SMILES string of the molecule is Fc1c[nH]c2cc(Nc3ccnc(N4CCC(Oc5ccccc5)CC4)n3)ccc12. The Labute approximate surface area is 173 Å². The van der Waals surface area contributed by atoms with E-state index in [1.54, 1.807) is 12.3 Å². The molecule has 0 unspecified atom stereocenters. The molecule has 6 nitrogen and oxygen atoms in total. The van der Waals surface area contributed by atoms with Gasteiger partial charge in [-0.25, -0.2) is 9.37 Å². The number of piperidine rings is 1. The molecule has 1 aliphatic rings. The van der Waals surface area contributed by atoms with E-state index >= 15 is 0 Å². The summed E-state index contributed by atoms with van der Waals surface area (Å²) in [6.07, 6.45) is 5.17. The molecule has 5 rings (SSSR count). The second-order valence-electron chi connectivity index (χ2n) is 7.38. The van der Waals surface area contributed by atoms with Crippen molar-refractivity contribution < 1.29 is 9.13 Å². The third kappa shape index (κ3) is 3.91. The minimum atomic E-state index is -0.250. The van der Waals surface area contributed by atoms with Gasteiger partial charge in [-0.15, -0.1) is 0 Å². The Morgan fingerprint density at radius 1 is 1.07 bits per heavy atom. The minimum Gasteiger partial charge on any atom is -0.490 e. The van der Waals surface area contributed by atoms with Gasteiger partial charge >= 0.3 is 0 Å². The average Bonchev–Trinajstić information content (AvgIpc) is 3.15. The van der Waals surface area contributed by atoms with Crippen LogP contribution in [0.4, 0.5) is 21.8 Å². The number of hydrogen-bond donors (Lipinski definition) is 2. The number of halogens is 1. The first-order valence-electron chi connectivity index (χ1n) is 10.1. The Kier molecular flexibility index (Phi) is 4.93. The van der Waals surface area contributed by atoms with Crippen molar-refractivity contribution in [3.8, 4) is 5.75 Å². The minimum absolute atomic E-state index is 0.206. The van der Waals surface area contributed by atoms with Crippen LogP contribution in [0.3, 0.4) is 0 Å². The van der Waals surface area contributed by atoms with Crippen molar-refractivity contribution in [3.05, 3.63) is 72.8 Å². The maximum absolute atomic E-state index is 13.6. The summed E-state index contributed by atoms with van der Waals surface area (Å²) < 4.78 is 19.7. The summed E-state index contributed by atoms with van der Waals surface area (Å²) >= 11 is 0. The van der Waals surface area contributed by atoms with E-state index in [0.717, 1.165) is 42.9 Å². The molecule has 152 valence electrons. The number of H-pyrrole nitrogens is 1. The molecule has 1 saturated heterocycles. The van der Waals surface area contributed by atoms with E-state index in [1.165, 1.54) is 6.20 Å². The molecule has 2 aromatic heterocycles. The molecular formula is C23H22FN5O. The molecule has 1 fully saturated rings. The van der Waals surface area contributed by atoms with E-state index in [1.807, 2.05) is 48.5 Å². The topological polar surface area (TPSA) is 66.1 Å². The van der Waals surface area contributed by atoms with Crippen molar-refractivity contribution in [3.63, 3.8) is 0 Å². The molecule has 7 heteroatoms. The lowest BCUT2D eigenvalue weighted by Crippen LogP contribution is -2.39. The summed E-state index contributed by atoms with van der Waals surface area (Å²) in [5.74, 6) is 2.07. The molecular weight excluding hydrogens is 381 g/mol. The van der Waals surface area contributed by atoms with Crippen molar-refractivity contribution in [2.75, 3.05) is 23.3 Å². The van der Waals surface area contributed by atoms with Gasteiger partial charge in [0.05, 0.1) is 5.52 Å². The molecule has 2 aromatic carbocycles. The largest absolute Gasteiger partial charge is 0.490 e. The van der Waals surface area contributed by atoms with Crippen LogP contribution in [0.2, 0.25) is 0 Å². The number of nitrogens with zero attached hydrogens (tertiary/aromatic N) is 3. The number of hydrogen-bond acceptors (Lipinski definition) is 5. The quantitative estimate of drug-likeness (QED) is 0.497. The van der Waals surface area contributed by atoms with E-state index in [2.05, 4.69) is 25.2 Å². The molecule has 0 saturated carbocycles. The molecule has 0 amide bonds. The van der Waals surface area contributed by atoms with Gasteiger partial charge in [-0.1, -0.05) is 18.2 Å². The van der Waals surface area contributed by atoms with Gasteiger partial charge < -0.3 is 19.9 Å². The van der Waals surface area contributed by atoms with Crippen LogP contribution < -0.4 is 15.0 Å². The van der Waals surface area contributed by atoms with Gasteiger partial charge in [0.1, 0.15) is 23.5 Å². The van der Waals surface area contributed by atoms with E-state index in [-0.39, 0.29) is 11.9 Å². The third-order valence-electron chi connectivity index (χ3n) is 5.32. The van der Waals surface area contributed by atoms with Crippen LogP contribution in [-0.2, 0) is 0 Å². The smallest absolute Gasteiger partial charge is 0.227 e. The summed E-state index contributed by atoms with van der Waals surface area (Å²) in [7, 11) is 0. The van der Waals surface area contributed by atoms with Crippen molar-refractivity contribution in [2.45, 2.75) is 18.9 Å². The number of aromatic amines is 1. The fourth-order valence-corrected chi connectivity index (χ4v) is 3.75. The van der Waals surface area contributed by atoms with E-state index < -0.39 is 0 Å². The number of fused-ring (bicyclic) bond motifs is 1. The lowest BCUT2D eigenvalue weighted by molar-refractivity contribution is 0.170. The number of benzene rings is 2. The van der Waals surface area contributed by atoms with Crippen LogP contribution in [0, 0.1) is 5.82 Å². The van der Waals surface area contributed by atoms with Crippen LogP contribution in [0.1, 0.15) is 12.8 Å². The van der Waals surface area contributed by atoms with E-state index in [0.29, 0.717) is 17.2 Å². The number of nitrogens with one attached hydrogen (secondary N) is 2. The Bertz CT molecular complexity index is 1140. The first-order chi connectivity index (χ1) is 14.7. The lowest BCUT2D eigenvalue weighted by Gasteiger charge is -2.32. The lowest BCUT2D eigenvalue weighted by atomic mass is 10.1. The fraction of sp³-hybridized carbons (Fsp3) is 0.217. The third-order valence-corrected chi connectivity index (χ3v) is 5.32. The summed E-state index contributed by atoms with van der Waals surface area (Å²) in [5, 5.41) is 3.85. The van der Waals surface area contributed by atoms with E-state index in [4.69, 9.17) is 4.74 Å². The highest BCUT2D eigenvalue weighted by molar-refractivity contribution is 5.84. The van der Waals surface area contributed by atoms with Crippen LogP contribution >= 0.6 is 0 Å². The van der Waals surface area contributed by atoms with Crippen LogP contribution in [0.25, 0.3) is 10.9 Å². The molecule has 0 spiro atoms.